The van der Waals surface area contributed by atoms with Crippen LogP contribution in [0, 0.1) is 0 Å². The van der Waals surface area contributed by atoms with Crippen LogP contribution < -0.4 is 4.90 Å². The summed E-state index contributed by atoms with van der Waals surface area (Å²) in [5.41, 5.74) is 2.36. The number of hydrogen-bond acceptors (Lipinski definition) is 4. The third kappa shape index (κ3) is 3.94. The molecule has 1 aromatic carbocycles. The van der Waals surface area contributed by atoms with Gasteiger partial charge in [-0.3, -0.25) is 4.79 Å². The van der Waals surface area contributed by atoms with Gasteiger partial charge in [0.1, 0.15) is 0 Å². The van der Waals surface area contributed by atoms with Crippen molar-refractivity contribution in [1.29, 1.82) is 0 Å². The highest BCUT2D eigenvalue weighted by atomic mass is 79.9. The van der Waals surface area contributed by atoms with Crippen molar-refractivity contribution in [2.24, 2.45) is 0 Å². The van der Waals surface area contributed by atoms with E-state index in [9.17, 15) is 4.79 Å². The quantitative estimate of drug-likeness (QED) is 0.793. The van der Waals surface area contributed by atoms with Crippen molar-refractivity contribution in [2.45, 2.75) is 6.54 Å². The van der Waals surface area contributed by atoms with Gasteiger partial charge in [0, 0.05) is 32.4 Å². The van der Waals surface area contributed by atoms with Gasteiger partial charge in [-0.05, 0) is 39.7 Å². The molecule has 0 atom stereocenters. The van der Waals surface area contributed by atoms with Crippen LogP contribution in [-0.2, 0) is 11.3 Å². The lowest BCUT2D eigenvalue weighted by Gasteiger charge is -2.31. The van der Waals surface area contributed by atoms with Gasteiger partial charge >= 0.3 is 0 Å². The first-order valence-corrected chi connectivity index (χ1v) is 9.17. The van der Waals surface area contributed by atoms with Crippen LogP contribution in [0.25, 0.3) is 0 Å². The lowest BCUT2D eigenvalue weighted by molar-refractivity contribution is 0.0789. The van der Waals surface area contributed by atoms with Crippen molar-refractivity contribution in [3.63, 3.8) is 0 Å². The maximum absolute atomic E-state index is 12.5. The number of amides is 1. The summed E-state index contributed by atoms with van der Waals surface area (Å²) in [5, 5.41) is 0. The van der Waals surface area contributed by atoms with E-state index in [0.717, 1.165) is 35.0 Å². The van der Waals surface area contributed by atoms with Crippen LogP contribution in [0.5, 0.6) is 0 Å². The second-order valence-electron chi connectivity index (χ2n) is 5.49. The standard InChI is InChI=1S/C17H19BrN2O2S/c1-19(17(21)15-6-7-16(18)23-15)12-13-4-2-3-5-14(13)20-8-10-22-11-9-20/h2-7H,8-12H2,1H3. The number of hydrogen-bond donors (Lipinski definition) is 0. The number of rotatable bonds is 4. The van der Waals surface area contributed by atoms with E-state index in [1.165, 1.54) is 22.6 Å². The monoisotopic (exact) mass is 394 g/mol. The van der Waals surface area contributed by atoms with Gasteiger partial charge in [0.25, 0.3) is 5.91 Å². The first kappa shape index (κ1) is 16.5. The largest absolute Gasteiger partial charge is 0.378 e. The maximum Gasteiger partial charge on any atom is 0.264 e. The molecule has 6 heteroatoms. The van der Waals surface area contributed by atoms with E-state index in [1.54, 1.807) is 4.90 Å². The topological polar surface area (TPSA) is 32.8 Å². The van der Waals surface area contributed by atoms with Crippen molar-refractivity contribution in [1.82, 2.24) is 4.90 Å². The fraction of sp³-hybridized carbons (Fsp3) is 0.353. The summed E-state index contributed by atoms with van der Waals surface area (Å²) in [7, 11) is 1.85. The zero-order valence-electron chi connectivity index (χ0n) is 13.0. The average molecular weight is 395 g/mol. The Morgan fingerprint density at radius 3 is 2.70 bits per heavy atom. The Bertz CT molecular complexity index is 683. The Morgan fingerprint density at radius 2 is 2.00 bits per heavy atom. The van der Waals surface area contributed by atoms with Crippen molar-refractivity contribution in [3.8, 4) is 0 Å². The molecule has 0 N–H and O–H groups in total. The van der Waals surface area contributed by atoms with Crippen molar-refractivity contribution >= 4 is 38.9 Å². The number of anilines is 1. The van der Waals surface area contributed by atoms with E-state index in [2.05, 4.69) is 33.0 Å². The van der Waals surface area contributed by atoms with Crippen LogP contribution >= 0.6 is 27.3 Å². The van der Waals surface area contributed by atoms with Crippen molar-refractivity contribution in [2.75, 3.05) is 38.3 Å². The molecule has 0 aliphatic carbocycles. The Labute approximate surface area is 148 Å². The smallest absolute Gasteiger partial charge is 0.264 e. The molecule has 0 saturated carbocycles. The predicted octanol–water partition coefficient (Wildman–Crippen LogP) is 3.62. The molecule has 2 heterocycles. The number of carbonyl (C=O) groups is 1. The summed E-state index contributed by atoms with van der Waals surface area (Å²) in [6, 6.07) is 12.1. The van der Waals surface area contributed by atoms with Crippen molar-refractivity contribution in [3.05, 3.63) is 50.6 Å². The summed E-state index contributed by atoms with van der Waals surface area (Å²) >= 11 is 4.87. The van der Waals surface area contributed by atoms with Crippen LogP contribution in [-0.4, -0.2) is 44.2 Å². The molecule has 1 saturated heterocycles. The lowest BCUT2D eigenvalue weighted by Crippen LogP contribution is -2.37. The number of ether oxygens (including phenoxy) is 1. The highest BCUT2D eigenvalue weighted by Gasteiger charge is 2.18. The minimum atomic E-state index is 0.0532. The van der Waals surface area contributed by atoms with E-state index in [0.29, 0.717) is 6.54 Å². The molecule has 2 aromatic rings. The van der Waals surface area contributed by atoms with Gasteiger partial charge in [-0.25, -0.2) is 0 Å². The SMILES string of the molecule is CN(Cc1ccccc1N1CCOCC1)C(=O)c1ccc(Br)s1. The van der Waals surface area contributed by atoms with E-state index in [4.69, 9.17) is 4.74 Å². The van der Waals surface area contributed by atoms with Crippen LogP contribution in [0.2, 0.25) is 0 Å². The third-order valence-corrected chi connectivity index (χ3v) is 5.49. The van der Waals surface area contributed by atoms with E-state index >= 15 is 0 Å². The van der Waals surface area contributed by atoms with Crippen LogP contribution in [0.15, 0.2) is 40.2 Å². The minimum absolute atomic E-state index is 0.0532. The van der Waals surface area contributed by atoms with Crippen LogP contribution in [0.1, 0.15) is 15.2 Å². The first-order valence-electron chi connectivity index (χ1n) is 7.56. The first-order chi connectivity index (χ1) is 11.1. The second kappa shape index (κ2) is 7.47. The number of para-hydroxylation sites is 1. The Kier molecular flexibility index (Phi) is 5.35. The Morgan fingerprint density at radius 1 is 1.26 bits per heavy atom. The molecular weight excluding hydrogens is 376 g/mol. The average Bonchev–Trinajstić information content (AvgIpc) is 3.02. The number of halogens is 1. The fourth-order valence-electron chi connectivity index (χ4n) is 2.70. The van der Waals surface area contributed by atoms with Crippen LogP contribution in [0.3, 0.4) is 0 Å². The third-order valence-electron chi connectivity index (χ3n) is 3.88. The number of morpholine rings is 1. The number of benzene rings is 1. The summed E-state index contributed by atoms with van der Waals surface area (Å²) in [6.45, 7) is 3.90. The molecule has 23 heavy (non-hydrogen) atoms. The lowest BCUT2D eigenvalue weighted by atomic mass is 10.1. The highest BCUT2D eigenvalue weighted by molar-refractivity contribution is 9.11. The molecular formula is C17H19BrN2O2S. The molecule has 1 aliphatic rings. The van der Waals surface area contributed by atoms with E-state index < -0.39 is 0 Å². The zero-order valence-corrected chi connectivity index (χ0v) is 15.4. The molecule has 122 valence electrons. The summed E-state index contributed by atoms with van der Waals surface area (Å²) in [6.07, 6.45) is 0. The fourth-order valence-corrected chi connectivity index (χ4v) is 4.08. The van der Waals surface area contributed by atoms with Gasteiger partial charge in [-0.15, -0.1) is 11.3 Å². The molecule has 1 fully saturated rings. The molecule has 0 bridgehead atoms. The van der Waals surface area contributed by atoms with Gasteiger partial charge < -0.3 is 14.5 Å². The number of carbonyl (C=O) groups excluding carboxylic acids is 1. The summed E-state index contributed by atoms with van der Waals surface area (Å²) in [5.74, 6) is 0.0532. The number of nitrogens with zero attached hydrogens (tertiary/aromatic N) is 2. The number of thiophene rings is 1. The van der Waals surface area contributed by atoms with E-state index in [-0.39, 0.29) is 5.91 Å². The van der Waals surface area contributed by atoms with Crippen LogP contribution in [0.4, 0.5) is 5.69 Å². The molecule has 1 aromatic heterocycles. The second-order valence-corrected chi connectivity index (χ2v) is 7.96. The van der Waals surface area contributed by atoms with Gasteiger partial charge in [-0.1, -0.05) is 18.2 Å². The van der Waals surface area contributed by atoms with Crippen molar-refractivity contribution < 1.29 is 9.53 Å². The minimum Gasteiger partial charge on any atom is -0.378 e. The zero-order chi connectivity index (χ0) is 16.2. The molecule has 3 rings (SSSR count). The molecule has 4 nitrogen and oxygen atoms in total. The van der Waals surface area contributed by atoms with Gasteiger partial charge in [0.15, 0.2) is 0 Å². The Balaban J connectivity index is 1.75. The molecule has 0 radical (unpaired) electrons. The molecule has 1 aliphatic heterocycles. The van der Waals surface area contributed by atoms with E-state index in [1.807, 2.05) is 31.3 Å². The molecule has 1 amide bonds. The molecule has 0 spiro atoms. The highest BCUT2D eigenvalue weighted by Crippen LogP contribution is 2.26. The van der Waals surface area contributed by atoms with Gasteiger partial charge in [0.2, 0.25) is 0 Å². The predicted molar refractivity (Wildman–Crippen MR) is 97.3 cm³/mol. The maximum atomic E-state index is 12.5. The Hall–Kier alpha value is -1.37. The van der Waals surface area contributed by atoms with Gasteiger partial charge in [0.05, 0.1) is 21.9 Å². The normalized spacial score (nSPS) is 14.8. The molecule has 0 unspecified atom stereocenters. The van der Waals surface area contributed by atoms with Gasteiger partial charge in [-0.2, -0.15) is 0 Å². The summed E-state index contributed by atoms with van der Waals surface area (Å²) < 4.78 is 6.41. The summed E-state index contributed by atoms with van der Waals surface area (Å²) in [4.78, 5) is 17.4.